The standard InChI is InChI=1S/C21H23N3O2/c25-20(13-16-12-14-4-5-15(16)11-14)23-17-6-8-18(9-7-17)24-21(26)19-3-1-2-10-22-19/h1-3,6-10,14-16H,4-5,11-13H2,(H,23,25)(H,24,26)/t14-,15-,16+/m0/s1. The first-order valence-electron chi connectivity index (χ1n) is 9.29. The van der Waals surface area contributed by atoms with E-state index in [1.807, 2.05) is 12.1 Å². The fourth-order valence-corrected chi connectivity index (χ4v) is 4.41. The maximum Gasteiger partial charge on any atom is 0.274 e. The topological polar surface area (TPSA) is 71.1 Å². The highest BCUT2D eigenvalue weighted by Gasteiger charge is 2.40. The molecule has 2 fully saturated rings. The van der Waals surface area contributed by atoms with Gasteiger partial charge in [-0.1, -0.05) is 12.5 Å². The third-order valence-electron chi connectivity index (χ3n) is 5.66. The molecule has 4 rings (SSSR count). The van der Waals surface area contributed by atoms with E-state index >= 15 is 0 Å². The first-order valence-corrected chi connectivity index (χ1v) is 9.29. The number of nitrogens with zero attached hydrogens (tertiary/aromatic N) is 1. The number of carbonyl (C=O) groups excluding carboxylic acids is 2. The predicted octanol–water partition coefficient (Wildman–Crippen LogP) is 4.10. The number of rotatable bonds is 5. The van der Waals surface area contributed by atoms with E-state index in [1.54, 1.807) is 36.5 Å². The molecular weight excluding hydrogens is 326 g/mol. The number of amides is 2. The Hall–Kier alpha value is -2.69. The monoisotopic (exact) mass is 349 g/mol. The summed E-state index contributed by atoms with van der Waals surface area (Å²) in [6.45, 7) is 0. The number of benzene rings is 1. The van der Waals surface area contributed by atoms with E-state index in [1.165, 1.54) is 25.7 Å². The number of fused-ring (bicyclic) bond motifs is 2. The van der Waals surface area contributed by atoms with Crippen molar-refractivity contribution in [3.8, 4) is 0 Å². The molecule has 2 bridgehead atoms. The van der Waals surface area contributed by atoms with Crippen LogP contribution in [0.5, 0.6) is 0 Å². The molecule has 3 atom stereocenters. The van der Waals surface area contributed by atoms with E-state index in [9.17, 15) is 9.59 Å². The Morgan fingerprint density at radius 1 is 0.962 bits per heavy atom. The van der Waals surface area contributed by atoms with E-state index in [2.05, 4.69) is 15.6 Å². The molecule has 26 heavy (non-hydrogen) atoms. The molecule has 5 heteroatoms. The van der Waals surface area contributed by atoms with Gasteiger partial charge in [0, 0.05) is 24.0 Å². The molecule has 2 aliphatic rings. The molecule has 2 aliphatic carbocycles. The molecule has 134 valence electrons. The summed E-state index contributed by atoms with van der Waals surface area (Å²) in [4.78, 5) is 28.4. The molecule has 1 heterocycles. The summed E-state index contributed by atoms with van der Waals surface area (Å²) in [6.07, 6.45) is 7.41. The van der Waals surface area contributed by atoms with Crippen molar-refractivity contribution in [3.05, 3.63) is 54.4 Å². The van der Waals surface area contributed by atoms with Crippen molar-refractivity contribution in [3.63, 3.8) is 0 Å². The summed E-state index contributed by atoms with van der Waals surface area (Å²) < 4.78 is 0. The lowest BCUT2D eigenvalue weighted by atomic mass is 9.86. The van der Waals surface area contributed by atoms with Crippen molar-refractivity contribution in [2.24, 2.45) is 17.8 Å². The molecule has 1 aromatic heterocycles. The molecular formula is C21H23N3O2. The number of carbonyl (C=O) groups is 2. The number of hydrogen-bond donors (Lipinski definition) is 2. The Kier molecular flexibility index (Phi) is 4.69. The average molecular weight is 349 g/mol. The van der Waals surface area contributed by atoms with Gasteiger partial charge in [-0.05, 0) is 73.4 Å². The molecule has 2 amide bonds. The summed E-state index contributed by atoms with van der Waals surface area (Å²) in [7, 11) is 0. The smallest absolute Gasteiger partial charge is 0.274 e. The van der Waals surface area contributed by atoms with E-state index in [0.29, 0.717) is 23.7 Å². The van der Waals surface area contributed by atoms with E-state index in [0.717, 1.165) is 17.5 Å². The molecule has 1 aromatic carbocycles. The lowest BCUT2D eigenvalue weighted by Gasteiger charge is -2.20. The summed E-state index contributed by atoms with van der Waals surface area (Å²) >= 11 is 0. The van der Waals surface area contributed by atoms with Crippen molar-refractivity contribution in [2.45, 2.75) is 32.1 Å². The predicted molar refractivity (Wildman–Crippen MR) is 101 cm³/mol. The van der Waals surface area contributed by atoms with Crippen molar-refractivity contribution >= 4 is 23.2 Å². The first-order chi connectivity index (χ1) is 12.7. The van der Waals surface area contributed by atoms with Gasteiger partial charge in [0.2, 0.25) is 5.91 Å². The van der Waals surface area contributed by atoms with Crippen LogP contribution in [0.15, 0.2) is 48.7 Å². The van der Waals surface area contributed by atoms with Gasteiger partial charge in [-0.15, -0.1) is 0 Å². The van der Waals surface area contributed by atoms with Gasteiger partial charge in [0.05, 0.1) is 0 Å². The zero-order valence-corrected chi connectivity index (χ0v) is 14.7. The van der Waals surface area contributed by atoms with E-state index < -0.39 is 0 Å². The van der Waals surface area contributed by atoms with Gasteiger partial charge in [-0.2, -0.15) is 0 Å². The van der Waals surface area contributed by atoms with Crippen LogP contribution in [0.3, 0.4) is 0 Å². The largest absolute Gasteiger partial charge is 0.326 e. The van der Waals surface area contributed by atoms with Gasteiger partial charge in [0.15, 0.2) is 0 Å². The Balaban J connectivity index is 1.30. The van der Waals surface area contributed by atoms with Crippen LogP contribution in [0.2, 0.25) is 0 Å². The van der Waals surface area contributed by atoms with Crippen LogP contribution in [0.25, 0.3) is 0 Å². The normalized spacial score (nSPS) is 23.6. The quantitative estimate of drug-likeness (QED) is 0.854. The zero-order valence-electron chi connectivity index (χ0n) is 14.7. The lowest BCUT2D eigenvalue weighted by molar-refractivity contribution is -0.117. The SMILES string of the molecule is O=C(C[C@H]1C[C@H]2CC[C@H]1C2)Nc1ccc(NC(=O)c2ccccn2)cc1. The minimum atomic E-state index is -0.251. The Bertz CT molecular complexity index is 789. The molecule has 0 aliphatic heterocycles. The molecule has 0 spiro atoms. The van der Waals surface area contributed by atoms with Gasteiger partial charge < -0.3 is 10.6 Å². The fourth-order valence-electron chi connectivity index (χ4n) is 4.41. The molecule has 0 saturated heterocycles. The minimum absolute atomic E-state index is 0.0906. The number of hydrogen-bond acceptors (Lipinski definition) is 3. The molecule has 0 unspecified atom stereocenters. The summed E-state index contributed by atoms with van der Waals surface area (Å²) in [6, 6.07) is 12.4. The molecule has 0 radical (unpaired) electrons. The highest BCUT2D eigenvalue weighted by atomic mass is 16.2. The fraction of sp³-hybridized carbons (Fsp3) is 0.381. The van der Waals surface area contributed by atoms with Crippen LogP contribution in [-0.2, 0) is 4.79 Å². The van der Waals surface area contributed by atoms with Crippen LogP contribution < -0.4 is 10.6 Å². The van der Waals surface area contributed by atoms with Gasteiger partial charge in [-0.25, -0.2) is 0 Å². The second-order valence-electron chi connectivity index (χ2n) is 7.43. The number of anilines is 2. The highest BCUT2D eigenvalue weighted by molar-refractivity contribution is 6.03. The van der Waals surface area contributed by atoms with Crippen LogP contribution in [0.4, 0.5) is 11.4 Å². The number of nitrogens with one attached hydrogen (secondary N) is 2. The third kappa shape index (κ3) is 3.77. The molecule has 2 saturated carbocycles. The maximum absolute atomic E-state index is 12.3. The van der Waals surface area contributed by atoms with Crippen molar-refractivity contribution in [2.75, 3.05) is 10.6 Å². The summed E-state index contributed by atoms with van der Waals surface area (Å²) in [5.41, 5.74) is 1.80. The van der Waals surface area contributed by atoms with Gasteiger partial charge in [0.25, 0.3) is 5.91 Å². The second-order valence-corrected chi connectivity index (χ2v) is 7.43. The average Bonchev–Trinajstić information content (AvgIpc) is 3.27. The Labute approximate surface area is 153 Å². The third-order valence-corrected chi connectivity index (χ3v) is 5.66. The molecule has 2 N–H and O–H groups in total. The van der Waals surface area contributed by atoms with E-state index in [-0.39, 0.29) is 11.8 Å². The van der Waals surface area contributed by atoms with Gasteiger partial charge >= 0.3 is 0 Å². The van der Waals surface area contributed by atoms with Crippen LogP contribution in [0, 0.1) is 17.8 Å². The van der Waals surface area contributed by atoms with Crippen LogP contribution in [0.1, 0.15) is 42.6 Å². The van der Waals surface area contributed by atoms with Crippen molar-refractivity contribution in [1.29, 1.82) is 0 Å². The zero-order chi connectivity index (χ0) is 17.9. The Morgan fingerprint density at radius 3 is 2.35 bits per heavy atom. The summed E-state index contributed by atoms with van der Waals surface area (Å²) in [5.74, 6) is 2.02. The van der Waals surface area contributed by atoms with Crippen molar-refractivity contribution in [1.82, 2.24) is 4.98 Å². The van der Waals surface area contributed by atoms with Crippen LogP contribution in [-0.4, -0.2) is 16.8 Å². The number of pyridine rings is 1. The minimum Gasteiger partial charge on any atom is -0.326 e. The van der Waals surface area contributed by atoms with Crippen molar-refractivity contribution < 1.29 is 9.59 Å². The van der Waals surface area contributed by atoms with Gasteiger partial charge in [0.1, 0.15) is 5.69 Å². The first kappa shape index (κ1) is 16.8. The molecule has 5 nitrogen and oxygen atoms in total. The van der Waals surface area contributed by atoms with E-state index in [4.69, 9.17) is 0 Å². The maximum atomic E-state index is 12.3. The van der Waals surface area contributed by atoms with Crippen LogP contribution >= 0.6 is 0 Å². The Morgan fingerprint density at radius 2 is 1.73 bits per heavy atom. The lowest BCUT2D eigenvalue weighted by Crippen LogP contribution is -2.20. The number of aromatic nitrogens is 1. The second kappa shape index (κ2) is 7.28. The molecule has 2 aromatic rings. The highest BCUT2D eigenvalue weighted by Crippen LogP contribution is 2.49. The summed E-state index contributed by atoms with van der Waals surface area (Å²) in [5, 5.41) is 5.78. The van der Waals surface area contributed by atoms with Gasteiger partial charge in [-0.3, -0.25) is 14.6 Å².